The Balaban J connectivity index is 1.05. The Morgan fingerprint density at radius 2 is 1.79 bits per heavy atom. The Hall–Kier alpha value is -3.19. The quantitative estimate of drug-likeness (QED) is 0.408. The number of aromatic nitrogens is 1. The number of nitrogens with one attached hydrogen (secondary N) is 1. The first-order chi connectivity index (χ1) is 18.6. The molecule has 1 saturated heterocycles. The molecule has 0 radical (unpaired) electrons. The Bertz CT molecular complexity index is 1300. The van der Waals surface area contributed by atoms with Gasteiger partial charge in [-0.2, -0.15) is 5.10 Å². The summed E-state index contributed by atoms with van der Waals surface area (Å²) in [6, 6.07) is 13.9. The topological polar surface area (TPSA) is 80.0 Å². The van der Waals surface area contributed by atoms with E-state index in [1.807, 2.05) is 42.5 Å². The predicted molar refractivity (Wildman–Crippen MR) is 149 cm³/mol. The normalized spacial score (nSPS) is 21.9. The number of nitrogens with zero attached hydrogens (tertiary/aromatic N) is 3. The molecule has 0 bridgehead atoms. The number of benzene rings is 2. The molecule has 1 atom stereocenters. The highest BCUT2D eigenvalue weighted by Crippen LogP contribution is 2.44. The monoisotopic (exact) mass is 514 g/mol. The van der Waals surface area contributed by atoms with Crippen molar-refractivity contribution in [1.29, 1.82) is 0 Å². The average molecular weight is 515 g/mol. The van der Waals surface area contributed by atoms with Crippen molar-refractivity contribution < 1.29 is 13.9 Å². The number of hydrogen-bond acceptors (Lipinski definition) is 6. The van der Waals surface area contributed by atoms with Gasteiger partial charge >= 0.3 is 0 Å². The Morgan fingerprint density at radius 1 is 1.03 bits per heavy atom. The van der Waals surface area contributed by atoms with Crippen LogP contribution in [-0.4, -0.2) is 47.7 Å². The molecule has 1 N–H and O–H groups in total. The van der Waals surface area contributed by atoms with Gasteiger partial charge in [0.05, 0.1) is 5.71 Å². The van der Waals surface area contributed by atoms with Crippen molar-refractivity contribution in [2.75, 3.05) is 26.2 Å². The van der Waals surface area contributed by atoms with Crippen molar-refractivity contribution in [3.8, 4) is 17.2 Å². The molecule has 2 aliphatic heterocycles. The number of hydrogen-bond donors (Lipinski definition) is 1. The number of oxazole rings is 1. The first-order valence-corrected chi connectivity index (χ1v) is 14.3. The van der Waals surface area contributed by atoms with Crippen molar-refractivity contribution in [3.05, 3.63) is 48.0 Å². The zero-order chi connectivity index (χ0) is 26.0. The lowest BCUT2D eigenvalue weighted by Crippen LogP contribution is -2.42. The SMILES string of the molecule is CCC1CC(=O)NN=C1c1ccc2nc(-c3ccc(OCCN4CCC5(CCCCC5)CC4)cc3)oc2c1. The number of piperidine rings is 1. The first kappa shape index (κ1) is 25.1. The minimum atomic E-state index is -0.0323. The molecule has 1 amide bonds. The van der Waals surface area contributed by atoms with E-state index in [0.717, 1.165) is 41.1 Å². The lowest BCUT2D eigenvalue weighted by Gasteiger charge is -2.44. The second kappa shape index (κ2) is 10.9. The second-order valence-corrected chi connectivity index (χ2v) is 11.3. The van der Waals surface area contributed by atoms with E-state index in [2.05, 4.69) is 27.3 Å². The van der Waals surface area contributed by atoms with Crippen LogP contribution in [0, 0.1) is 11.3 Å². The largest absolute Gasteiger partial charge is 0.492 e. The van der Waals surface area contributed by atoms with Gasteiger partial charge in [-0.3, -0.25) is 9.69 Å². The van der Waals surface area contributed by atoms with Crippen molar-refractivity contribution in [1.82, 2.24) is 15.3 Å². The van der Waals surface area contributed by atoms with Gasteiger partial charge in [-0.25, -0.2) is 10.4 Å². The van der Waals surface area contributed by atoms with Gasteiger partial charge < -0.3 is 9.15 Å². The number of carbonyl (C=O) groups is 1. The summed E-state index contributed by atoms with van der Waals surface area (Å²) in [6.45, 7) is 6.20. The van der Waals surface area contributed by atoms with E-state index in [-0.39, 0.29) is 11.8 Å². The summed E-state index contributed by atoms with van der Waals surface area (Å²) in [7, 11) is 0. The molecule has 1 saturated carbocycles. The van der Waals surface area contributed by atoms with Gasteiger partial charge in [0, 0.05) is 30.0 Å². The highest BCUT2D eigenvalue weighted by Gasteiger charge is 2.35. The van der Waals surface area contributed by atoms with Crippen LogP contribution in [0.3, 0.4) is 0 Å². The third kappa shape index (κ3) is 5.35. The molecule has 200 valence electrons. The molecule has 2 aromatic carbocycles. The molecular weight excluding hydrogens is 476 g/mol. The maximum atomic E-state index is 11.7. The number of rotatable bonds is 7. The van der Waals surface area contributed by atoms with Gasteiger partial charge in [0.15, 0.2) is 5.58 Å². The number of likely N-dealkylation sites (tertiary alicyclic amines) is 1. The summed E-state index contributed by atoms with van der Waals surface area (Å²) in [6.07, 6.45) is 11.2. The zero-order valence-electron chi connectivity index (χ0n) is 22.4. The Kier molecular flexibility index (Phi) is 7.20. The minimum absolute atomic E-state index is 0.0323. The second-order valence-electron chi connectivity index (χ2n) is 11.3. The van der Waals surface area contributed by atoms with Crippen LogP contribution < -0.4 is 10.2 Å². The van der Waals surface area contributed by atoms with E-state index < -0.39 is 0 Å². The highest BCUT2D eigenvalue weighted by atomic mass is 16.5. The summed E-state index contributed by atoms with van der Waals surface area (Å²) < 4.78 is 12.2. The molecule has 3 heterocycles. The van der Waals surface area contributed by atoms with Crippen LogP contribution in [0.1, 0.15) is 70.3 Å². The number of amides is 1. The molecule has 2 fully saturated rings. The minimum Gasteiger partial charge on any atom is -0.492 e. The van der Waals surface area contributed by atoms with Gasteiger partial charge in [-0.1, -0.05) is 32.3 Å². The zero-order valence-corrected chi connectivity index (χ0v) is 22.4. The summed E-state index contributed by atoms with van der Waals surface area (Å²) in [5.41, 5.74) is 7.54. The standard InChI is InChI=1S/C31H38N4O3/c1-2-22-21-28(36)33-34-29(22)24-8-11-26-27(20-24)38-30(32-26)23-6-9-25(10-7-23)37-19-18-35-16-14-31(15-17-35)12-4-3-5-13-31/h6-11,20,22H,2-5,12-19,21H2,1H3,(H,33,36). The first-order valence-electron chi connectivity index (χ1n) is 14.3. The third-order valence-electron chi connectivity index (χ3n) is 8.90. The van der Waals surface area contributed by atoms with E-state index in [0.29, 0.717) is 29.9 Å². The van der Waals surface area contributed by atoms with Crippen LogP contribution in [0.2, 0.25) is 0 Å². The van der Waals surface area contributed by atoms with E-state index >= 15 is 0 Å². The molecule has 6 rings (SSSR count). The Morgan fingerprint density at radius 3 is 2.55 bits per heavy atom. The van der Waals surface area contributed by atoms with E-state index in [4.69, 9.17) is 9.15 Å². The van der Waals surface area contributed by atoms with E-state index in [1.54, 1.807) is 0 Å². The molecule has 7 heteroatoms. The highest BCUT2D eigenvalue weighted by molar-refractivity contribution is 6.07. The van der Waals surface area contributed by atoms with E-state index in [1.165, 1.54) is 58.0 Å². The Labute approximate surface area is 224 Å². The van der Waals surface area contributed by atoms with E-state index in [9.17, 15) is 4.79 Å². The van der Waals surface area contributed by atoms with Crippen LogP contribution in [-0.2, 0) is 4.79 Å². The van der Waals surface area contributed by atoms with Crippen molar-refractivity contribution in [3.63, 3.8) is 0 Å². The van der Waals surface area contributed by atoms with Crippen LogP contribution >= 0.6 is 0 Å². The fourth-order valence-corrected chi connectivity index (χ4v) is 6.46. The fourth-order valence-electron chi connectivity index (χ4n) is 6.46. The lowest BCUT2D eigenvalue weighted by atomic mass is 9.68. The van der Waals surface area contributed by atoms with Gasteiger partial charge in [0.25, 0.3) is 0 Å². The maximum Gasteiger partial charge on any atom is 0.240 e. The summed E-state index contributed by atoms with van der Waals surface area (Å²) in [5.74, 6) is 1.53. The van der Waals surface area contributed by atoms with Crippen LogP contribution in [0.5, 0.6) is 5.75 Å². The molecule has 3 aromatic rings. The van der Waals surface area contributed by atoms with Gasteiger partial charge in [-0.15, -0.1) is 0 Å². The molecule has 1 aromatic heterocycles. The van der Waals surface area contributed by atoms with Crippen molar-refractivity contribution in [2.45, 2.75) is 64.7 Å². The van der Waals surface area contributed by atoms with Gasteiger partial charge in [0.1, 0.15) is 17.9 Å². The molecule has 1 aliphatic carbocycles. The van der Waals surface area contributed by atoms with Gasteiger partial charge in [0.2, 0.25) is 11.8 Å². The number of fused-ring (bicyclic) bond motifs is 1. The van der Waals surface area contributed by atoms with Crippen LogP contribution in [0.4, 0.5) is 0 Å². The van der Waals surface area contributed by atoms with Gasteiger partial charge in [-0.05, 0) is 87.0 Å². The maximum absolute atomic E-state index is 11.7. The molecule has 7 nitrogen and oxygen atoms in total. The van der Waals surface area contributed by atoms with Crippen molar-refractivity contribution >= 4 is 22.7 Å². The fraction of sp³-hybridized carbons (Fsp3) is 0.516. The summed E-state index contributed by atoms with van der Waals surface area (Å²) in [5, 5.41) is 4.33. The lowest BCUT2D eigenvalue weighted by molar-refractivity contribution is -0.122. The molecule has 1 unspecified atom stereocenters. The predicted octanol–water partition coefficient (Wildman–Crippen LogP) is 6.17. The molecule has 1 spiro atoms. The third-order valence-corrected chi connectivity index (χ3v) is 8.90. The number of carbonyl (C=O) groups excluding carboxylic acids is 1. The average Bonchev–Trinajstić information content (AvgIpc) is 3.38. The van der Waals surface area contributed by atoms with Crippen LogP contribution in [0.25, 0.3) is 22.6 Å². The molecule has 38 heavy (non-hydrogen) atoms. The summed E-state index contributed by atoms with van der Waals surface area (Å²) in [4.78, 5) is 19.0. The number of ether oxygens (including phenoxy) is 1. The number of hydrazone groups is 1. The smallest absolute Gasteiger partial charge is 0.240 e. The van der Waals surface area contributed by atoms with Crippen LogP contribution in [0.15, 0.2) is 52.0 Å². The summed E-state index contributed by atoms with van der Waals surface area (Å²) >= 11 is 0. The molecule has 3 aliphatic rings. The molecular formula is C31H38N4O3. The van der Waals surface area contributed by atoms with Crippen molar-refractivity contribution in [2.24, 2.45) is 16.4 Å².